The van der Waals surface area contributed by atoms with Crippen LogP contribution >= 0.6 is 12.2 Å². The van der Waals surface area contributed by atoms with Crippen molar-refractivity contribution in [1.29, 1.82) is 0 Å². The molecule has 6 nitrogen and oxygen atoms in total. The molecule has 0 aliphatic heterocycles. The summed E-state index contributed by atoms with van der Waals surface area (Å²) in [5, 5.41) is 5.17. The Morgan fingerprint density at radius 2 is 2.07 bits per heavy atom. The minimum atomic E-state index is -0.0475. The predicted octanol–water partition coefficient (Wildman–Crippen LogP) is 2.08. The molecular formula is C23H35N4O2S+. The molecule has 0 amide bonds. The second-order valence-electron chi connectivity index (χ2n) is 8.41. The number of thiocarbonyl (C=S) groups is 1. The number of fused-ring (bicyclic) bond motifs is 1. The topological polar surface area (TPSA) is 61.8 Å². The quantitative estimate of drug-likeness (QED) is 0.419. The molecule has 1 aliphatic carbocycles. The van der Waals surface area contributed by atoms with Gasteiger partial charge >= 0.3 is 0 Å². The van der Waals surface area contributed by atoms with Crippen LogP contribution in [0.25, 0.3) is 10.9 Å². The molecule has 0 radical (unpaired) electrons. The number of aromatic nitrogens is 1. The number of nitrogens with zero attached hydrogens (tertiary/aromatic N) is 1. The number of benzene rings is 1. The Bertz CT molecular complexity index is 906. The van der Waals surface area contributed by atoms with Gasteiger partial charge in [-0.05, 0) is 56.2 Å². The van der Waals surface area contributed by atoms with Gasteiger partial charge in [0.05, 0.1) is 33.8 Å². The summed E-state index contributed by atoms with van der Waals surface area (Å²) >= 11 is 5.76. The van der Waals surface area contributed by atoms with Crippen molar-refractivity contribution in [2.24, 2.45) is 0 Å². The molecule has 0 atom stereocenters. The van der Waals surface area contributed by atoms with Crippen LogP contribution in [-0.2, 0) is 6.54 Å². The Morgan fingerprint density at radius 3 is 2.77 bits per heavy atom. The Kier molecular flexibility index (Phi) is 8.10. The number of hydrogen-bond donors (Lipinski definition) is 3. The van der Waals surface area contributed by atoms with E-state index in [0.717, 1.165) is 59.7 Å². The van der Waals surface area contributed by atoms with Crippen LogP contribution in [0, 0.1) is 0 Å². The van der Waals surface area contributed by atoms with Crippen LogP contribution in [0.5, 0.6) is 5.75 Å². The zero-order valence-corrected chi connectivity index (χ0v) is 19.2. The first-order valence-electron chi connectivity index (χ1n) is 11.1. The van der Waals surface area contributed by atoms with Gasteiger partial charge in [0, 0.05) is 35.5 Å². The van der Waals surface area contributed by atoms with Gasteiger partial charge in [-0.25, -0.2) is 0 Å². The fourth-order valence-electron chi connectivity index (χ4n) is 4.11. The van der Waals surface area contributed by atoms with E-state index in [0.29, 0.717) is 19.2 Å². The van der Waals surface area contributed by atoms with Crippen molar-refractivity contribution < 1.29 is 9.64 Å². The summed E-state index contributed by atoms with van der Waals surface area (Å²) in [4.78, 5) is 19.5. The maximum Gasteiger partial charge on any atom is 0.253 e. The number of aromatic amines is 1. The number of quaternary nitrogens is 1. The number of nitrogens with one attached hydrogen (secondary N) is 3. The zero-order valence-electron chi connectivity index (χ0n) is 18.4. The lowest BCUT2D eigenvalue weighted by atomic mass is 10.1. The largest absolute Gasteiger partial charge is 0.494 e. The molecule has 0 unspecified atom stereocenters. The Labute approximate surface area is 184 Å². The monoisotopic (exact) mass is 431 g/mol. The molecule has 7 heteroatoms. The maximum absolute atomic E-state index is 12.8. The molecule has 1 aromatic carbocycles. The fourth-order valence-corrected chi connectivity index (χ4v) is 4.42. The number of H-pyrrole nitrogens is 1. The van der Waals surface area contributed by atoms with E-state index in [1.54, 1.807) is 0 Å². The highest BCUT2D eigenvalue weighted by molar-refractivity contribution is 7.80. The van der Waals surface area contributed by atoms with Gasteiger partial charge in [-0.3, -0.25) is 4.79 Å². The van der Waals surface area contributed by atoms with Crippen LogP contribution in [0.1, 0.15) is 44.6 Å². The van der Waals surface area contributed by atoms with E-state index in [-0.39, 0.29) is 5.56 Å². The van der Waals surface area contributed by atoms with Crippen LogP contribution in [0.3, 0.4) is 0 Å². The molecule has 0 spiro atoms. The van der Waals surface area contributed by atoms with E-state index in [9.17, 15) is 4.79 Å². The molecule has 30 heavy (non-hydrogen) atoms. The van der Waals surface area contributed by atoms with Crippen molar-refractivity contribution in [1.82, 2.24) is 15.2 Å². The van der Waals surface area contributed by atoms with Gasteiger partial charge in [-0.2, -0.15) is 0 Å². The summed E-state index contributed by atoms with van der Waals surface area (Å²) in [6.07, 6.45) is 5.77. The SMILES string of the molecule is CCOc1ccc2[nH]c(=O)c(CN(C(=S)NCCC[NH+](C)C)C3CCCC3)cc2c1. The molecule has 1 aromatic heterocycles. The molecule has 0 bridgehead atoms. The zero-order chi connectivity index (χ0) is 21.5. The third-order valence-corrected chi connectivity index (χ3v) is 6.08. The second-order valence-corrected chi connectivity index (χ2v) is 8.80. The molecule has 3 N–H and O–H groups in total. The number of hydrogen-bond acceptors (Lipinski definition) is 3. The minimum Gasteiger partial charge on any atom is -0.494 e. The minimum absolute atomic E-state index is 0.0475. The average molecular weight is 432 g/mol. The van der Waals surface area contributed by atoms with Gasteiger partial charge in [0.15, 0.2) is 5.11 Å². The van der Waals surface area contributed by atoms with E-state index in [4.69, 9.17) is 17.0 Å². The van der Waals surface area contributed by atoms with Crippen molar-refractivity contribution in [3.63, 3.8) is 0 Å². The Morgan fingerprint density at radius 1 is 1.30 bits per heavy atom. The third-order valence-electron chi connectivity index (χ3n) is 5.70. The highest BCUT2D eigenvalue weighted by atomic mass is 32.1. The smallest absolute Gasteiger partial charge is 0.253 e. The van der Waals surface area contributed by atoms with Crippen molar-refractivity contribution in [2.75, 3.05) is 33.8 Å². The fraction of sp³-hybridized carbons (Fsp3) is 0.565. The van der Waals surface area contributed by atoms with Crippen LogP contribution < -0.4 is 20.5 Å². The summed E-state index contributed by atoms with van der Waals surface area (Å²) in [5.41, 5.74) is 1.52. The Hall–Kier alpha value is -2.12. The number of ether oxygens (including phenoxy) is 1. The molecule has 1 saturated carbocycles. The van der Waals surface area contributed by atoms with E-state index in [1.807, 2.05) is 31.2 Å². The van der Waals surface area contributed by atoms with Crippen LogP contribution in [0.4, 0.5) is 0 Å². The van der Waals surface area contributed by atoms with Gasteiger partial charge in [-0.1, -0.05) is 12.8 Å². The van der Waals surface area contributed by atoms with E-state index < -0.39 is 0 Å². The third kappa shape index (κ3) is 5.95. The van der Waals surface area contributed by atoms with Crippen molar-refractivity contribution in [2.45, 2.75) is 51.6 Å². The molecule has 2 aromatic rings. The van der Waals surface area contributed by atoms with Crippen LogP contribution in [0.15, 0.2) is 29.1 Å². The number of rotatable bonds is 9. The normalized spacial score (nSPS) is 14.4. The first kappa shape index (κ1) is 22.6. The first-order valence-corrected chi connectivity index (χ1v) is 11.5. The van der Waals surface area contributed by atoms with Crippen molar-refractivity contribution in [3.8, 4) is 5.75 Å². The van der Waals surface area contributed by atoms with Gasteiger partial charge < -0.3 is 24.8 Å². The molecule has 1 heterocycles. The lowest BCUT2D eigenvalue weighted by Crippen LogP contribution is -3.05. The highest BCUT2D eigenvalue weighted by Crippen LogP contribution is 2.26. The maximum atomic E-state index is 12.8. The summed E-state index contributed by atoms with van der Waals surface area (Å²) in [6.45, 7) is 5.08. The molecule has 3 rings (SSSR count). The van der Waals surface area contributed by atoms with Crippen molar-refractivity contribution >= 4 is 28.2 Å². The Balaban J connectivity index is 1.78. The summed E-state index contributed by atoms with van der Waals surface area (Å²) in [5.74, 6) is 0.816. The first-order chi connectivity index (χ1) is 14.5. The van der Waals surface area contributed by atoms with Gasteiger partial charge in [0.1, 0.15) is 5.75 Å². The van der Waals surface area contributed by atoms with Gasteiger partial charge in [0.25, 0.3) is 5.56 Å². The van der Waals surface area contributed by atoms with E-state index >= 15 is 0 Å². The summed E-state index contributed by atoms with van der Waals surface area (Å²) < 4.78 is 5.62. The van der Waals surface area contributed by atoms with Crippen LogP contribution in [0.2, 0.25) is 0 Å². The summed E-state index contributed by atoms with van der Waals surface area (Å²) in [6, 6.07) is 8.16. The average Bonchev–Trinajstić information content (AvgIpc) is 3.24. The van der Waals surface area contributed by atoms with Gasteiger partial charge in [0.2, 0.25) is 0 Å². The standard InChI is InChI=1S/C23H34N4O2S/c1-4-29-20-10-11-21-17(15-20)14-18(22(28)25-21)16-27(19-8-5-6-9-19)23(30)24-12-7-13-26(2)3/h10-11,14-15,19H,4-9,12-13,16H2,1-3H3,(H,24,30)(H,25,28)/p+1. The molecule has 1 aliphatic rings. The molecule has 1 fully saturated rings. The number of pyridine rings is 1. The lowest BCUT2D eigenvalue weighted by molar-refractivity contribution is -0.858. The predicted molar refractivity (Wildman–Crippen MR) is 126 cm³/mol. The van der Waals surface area contributed by atoms with Crippen molar-refractivity contribution in [3.05, 3.63) is 40.2 Å². The van der Waals surface area contributed by atoms with Gasteiger partial charge in [-0.15, -0.1) is 0 Å². The summed E-state index contributed by atoms with van der Waals surface area (Å²) in [7, 11) is 4.32. The van der Waals surface area contributed by atoms with E-state index in [2.05, 4.69) is 29.3 Å². The molecule has 164 valence electrons. The second kappa shape index (κ2) is 10.8. The van der Waals surface area contributed by atoms with Crippen LogP contribution in [-0.4, -0.2) is 54.8 Å². The molecular weight excluding hydrogens is 396 g/mol. The highest BCUT2D eigenvalue weighted by Gasteiger charge is 2.25. The molecule has 0 saturated heterocycles. The lowest BCUT2D eigenvalue weighted by Gasteiger charge is -2.31. The van der Waals surface area contributed by atoms with E-state index in [1.165, 1.54) is 17.7 Å².